The van der Waals surface area contributed by atoms with Crippen LogP contribution in [0.5, 0.6) is 0 Å². The first-order chi connectivity index (χ1) is 17.0. The number of benzene rings is 2. The van der Waals surface area contributed by atoms with Crippen molar-refractivity contribution in [1.29, 1.82) is 0 Å². The highest BCUT2D eigenvalue weighted by Crippen LogP contribution is 2.44. The molecule has 36 heavy (non-hydrogen) atoms. The maximum absolute atomic E-state index is 12.4. The Kier molecular flexibility index (Phi) is 8.18. The molecule has 2 atom stereocenters. The molecule has 2 aromatic rings. The molecule has 1 aliphatic rings. The van der Waals surface area contributed by atoms with Gasteiger partial charge in [-0.3, -0.25) is 4.79 Å². The fourth-order valence-corrected chi connectivity index (χ4v) is 3.89. The zero-order valence-electron chi connectivity index (χ0n) is 20.7. The summed E-state index contributed by atoms with van der Waals surface area (Å²) in [7, 11) is 0. The number of carbonyl (C=O) groups excluding carboxylic acids is 3. The van der Waals surface area contributed by atoms with E-state index >= 15 is 0 Å². The molecule has 0 saturated carbocycles. The predicted molar refractivity (Wildman–Crippen MR) is 131 cm³/mol. The number of carboxylic acid groups (broad SMARTS) is 1. The number of fused-ring (bicyclic) bond motifs is 3. The summed E-state index contributed by atoms with van der Waals surface area (Å²) in [6.07, 6.45) is -1.70. The van der Waals surface area contributed by atoms with Gasteiger partial charge in [0, 0.05) is 12.5 Å². The quantitative estimate of drug-likeness (QED) is 0.439. The molecule has 0 aliphatic heterocycles. The van der Waals surface area contributed by atoms with Crippen LogP contribution in [0.1, 0.15) is 44.7 Å². The summed E-state index contributed by atoms with van der Waals surface area (Å²) in [5, 5.41) is 16.5. The molecule has 0 radical (unpaired) electrons. The second-order valence-corrected chi connectivity index (χ2v) is 9.47. The van der Waals surface area contributed by atoms with Crippen molar-refractivity contribution >= 4 is 24.1 Å². The van der Waals surface area contributed by atoms with Crippen molar-refractivity contribution in [2.24, 2.45) is 0 Å². The van der Waals surface area contributed by atoms with Gasteiger partial charge >= 0.3 is 18.2 Å². The average molecular weight is 498 g/mol. The number of amides is 3. The molecule has 0 bridgehead atoms. The Morgan fingerprint density at radius 2 is 1.47 bits per heavy atom. The van der Waals surface area contributed by atoms with E-state index in [0.29, 0.717) is 0 Å². The van der Waals surface area contributed by atoms with Gasteiger partial charge in [-0.15, -0.1) is 0 Å². The lowest BCUT2D eigenvalue weighted by Crippen LogP contribution is -2.52. The third-order valence-corrected chi connectivity index (χ3v) is 5.54. The Labute approximate surface area is 209 Å². The van der Waals surface area contributed by atoms with Gasteiger partial charge in [0.25, 0.3) is 0 Å². The van der Waals surface area contributed by atoms with E-state index in [4.69, 9.17) is 9.47 Å². The summed E-state index contributed by atoms with van der Waals surface area (Å²) < 4.78 is 10.5. The molecule has 0 heterocycles. The van der Waals surface area contributed by atoms with E-state index in [2.05, 4.69) is 16.0 Å². The van der Waals surface area contributed by atoms with E-state index in [1.165, 1.54) is 6.92 Å². The Morgan fingerprint density at radius 1 is 0.917 bits per heavy atom. The monoisotopic (exact) mass is 497 g/mol. The first kappa shape index (κ1) is 26.5. The van der Waals surface area contributed by atoms with E-state index in [-0.39, 0.29) is 12.5 Å². The average Bonchev–Trinajstić information content (AvgIpc) is 3.12. The molecule has 3 rings (SSSR count). The summed E-state index contributed by atoms with van der Waals surface area (Å²) in [6, 6.07) is 13.3. The van der Waals surface area contributed by atoms with Crippen LogP contribution >= 0.6 is 0 Å². The van der Waals surface area contributed by atoms with Crippen LogP contribution in [0.15, 0.2) is 48.5 Å². The Balaban J connectivity index is 1.52. The van der Waals surface area contributed by atoms with Gasteiger partial charge in [-0.2, -0.15) is 0 Å². The zero-order chi connectivity index (χ0) is 26.5. The van der Waals surface area contributed by atoms with Gasteiger partial charge in [-0.25, -0.2) is 14.4 Å². The van der Waals surface area contributed by atoms with Gasteiger partial charge < -0.3 is 30.5 Å². The van der Waals surface area contributed by atoms with Crippen LogP contribution in [0.3, 0.4) is 0 Å². The summed E-state index contributed by atoms with van der Waals surface area (Å²) in [5.41, 5.74) is 3.46. The molecule has 1 aliphatic carbocycles. The zero-order valence-corrected chi connectivity index (χ0v) is 20.7. The second kappa shape index (κ2) is 11.1. The van der Waals surface area contributed by atoms with Crippen molar-refractivity contribution in [3.63, 3.8) is 0 Å². The maximum Gasteiger partial charge on any atom is 0.408 e. The number of rotatable bonds is 8. The van der Waals surface area contributed by atoms with E-state index in [9.17, 15) is 24.3 Å². The van der Waals surface area contributed by atoms with E-state index in [0.717, 1.165) is 22.3 Å². The molecule has 192 valence electrons. The molecule has 4 N–H and O–H groups in total. The molecule has 0 spiro atoms. The number of nitrogens with one attached hydrogen (secondary N) is 3. The second-order valence-electron chi connectivity index (χ2n) is 9.47. The summed E-state index contributed by atoms with van der Waals surface area (Å²) in [5.74, 6) is -2.16. The number of hydrogen-bond acceptors (Lipinski definition) is 6. The smallest absolute Gasteiger partial charge is 0.408 e. The van der Waals surface area contributed by atoms with E-state index < -0.39 is 48.3 Å². The minimum atomic E-state index is -1.43. The molecule has 0 fully saturated rings. The highest BCUT2D eigenvalue weighted by molar-refractivity contribution is 5.86. The molecule has 0 unspecified atom stereocenters. The number of ether oxygens (including phenoxy) is 2. The van der Waals surface area contributed by atoms with Crippen LogP contribution in [-0.4, -0.2) is 60.0 Å². The van der Waals surface area contributed by atoms with Gasteiger partial charge in [0.1, 0.15) is 24.3 Å². The first-order valence-corrected chi connectivity index (χ1v) is 11.6. The molecule has 10 heteroatoms. The molecule has 2 aromatic carbocycles. The van der Waals surface area contributed by atoms with Gasteiger partial charge in [0.05, 0.1) is 0 Å². The van der Waals surface area contributed by atoms with Crippen LogP contribution < -0.4 is 16.0 Å². The Morgan fingerprint density at radius 3 is 2.00 bits per heavy atom. The normalized spacial score (nSPS) is 14.0. The van der Waals surface area contributed by atoms with Gasteiger partial charge in [0.2, 0.25) is 5.91 Å². The fourth-order valence-electron chi connectivity index (χ4n) is 3.89. The van der Waals surface area contributed by atoms with Crippen molar-refractivity contribution < 1.29 is 33.8 Å². The first-order valence-electron chi connectivity index (χ1n) is 11.6. The number of alkyl carbamates (subject to hydrolysis) is 2. The number of carboxylic acids is 1. The minimum Gasteiger partial charge on any atom is -0.480 e. The topological polar surface area (TPSA) is 143 Å². The van der Waals surface area contributed by atoms with Crippen LogP contribution in [0.25, 0.3) is 11.1 Å². The lowest BCUT2D eigenvalue weighted by atomic mass is 9.98. The van der Waals surface area contributed by atoms with E-state index in [1.807, 2.05) is 48.5 Å². The lowest BCUT2D eigenvalue weighted by Gasteiger charge is -2.22. The van der Waals surface area contributed by atoms with Crippen molar-refractivity contribution in [3.05, 3.63) is 59.7 Å². The highest BCUT2D eigenvalue weighted by Gasteiger charge is 2.30. The standard InChI is InChI=1S/C26H31N3O7/c1-15(28-25(34)36-26(2,3)4)22(30)27-13-21(23(31)32)29-24(33)35-14-20-18-11-7-5-9-16(18)17-10-6-8-12-19(17)20/h5-12,15,20-21H,13-14H2,1-4H3,(H,27,30)(H,28,34)(H,29,33)(H,31,32)/t15-,21-/m0/s1. The number of carbonyl (C=O) groups is 4. The Hall–Kier alpha value is -4.08. The van der Waals surface area contributed by atoms with Crippen molar-refractivity contribution in [2.45, 2.75) is 51.3 Å². The molecule has 0 saturated heterocycles. The molecular weight excluding hydrogens is 466 g/mol. The molecule has 3 amide bonds. The van der Waals surface area contributed by atoms with Crippen molar-refractivity contribution in [1.82, 2.24) is 16.0 Å². The number of aliphatic carboxylic acids is 1. The molecule has 10 nitrogen and oxygen atoms in total. The van der Waals surface area contributed by atoms with Crippen LogP contribution in [-0.2, 0) is 19.1 Å². The van der Waals surface area contributed by atoms with Crippen LogP contribution in [0.4, 0.5) is 9.59 Å². The van der Waals surface area contributed by atoms with Gasteiger partial charge in [-0.1, -0.05) is 48.5 Å². The van der Waals surface area contributed by atoms with Crippen molar-refractivity contribution in [2.75, 3.05) is 13.2 Å². The molecular formula is C26H31N3O7. The van der Waals surface area contributed by atoms with Gasteiger partial charge in [0.15, 0.2) is 0 Å². The molecule has 0 aromatic heterocycles. The van der Waals surface area contributed by atoms with E-state index in [1.54, 1.807) is 20.8 Å². The lowest BCUT2D eigenvalue weighted by molar-refractivity contribution is -0.139. The van der Waals surface area contributed by atoms with Crippen LogP contribution in [0, 0.1) is 0 Å². The van der Waals surface area contributed by atoms with Crippen molar-refractivity contribution in [3.8, 4) is 11.1 Å². The summed E-state index contributed by atoms with van der Waals surface area (Å²) >= 11 is 0. The van der Waals surface area contributed by atoms with Crippen LogP contribution in [0.2, 0.25) is 0 Å². The maximum atomic E-state index is 12.4. The summed E-state index contributed by atoms with van der Waals surface area (Å²) in [6.45, 7) is 6.10. The number of hydrogen-bond donors (Lipinski definition) is 4. The summed E-state index contributed by atoms with van der Waals surface area (Å²) in [4.78, 5) is 48.1. The minimum absolute atomic E-state index is 0.0232. The third kappa shape index (κ3) is 6.74. The third-order valence-electron chi connectivity index (χ3n) is 5.54. The SMILES string of the molecule is C[C@H](NC(=O)OC(C)(C)C)C(=O)NC[C@H](NC(=O)OCC1c2ccccc2-c2ccccc21)C(=O)O. The Bertz CT molecular complexity index is 1100. The fraction of sp³-hybridized carbons (Fsp3) is 0.385. The predicted octanol–water partition coefficient (Wildman–Crippen LogP) is 3.01. The highest BCUT2D eigenvalue weighted by atomic mass is 16.6. The van der Waals surface area contributed by atoms with Gasteiger partial charge in [-0.05, 0) is 49.9 Å². The largest absolute Gasteiger partial charge is 0.480 e.